The fraction of sp³-hybridized carbons (Fsp3) is 0.429. The highest BCUT2D eigenvalue weighted by atomic mass is 16.5. The maximum Gasteiger partial charge on any atom is 0.267 e. The third-order valence-electron chi connectivity index (χ3n) is 5.52. The van der Waals surface area contributed by atoms with Crippen molar-refractivity contribution in [3.63, 3.8) is 0 Å². The molecule has 0 aliphatic heterocycles. The van der Waals surface area contributed by atoms with Gasteiger partial charge in [-0.1, -0.05) is 36.8 Å². The third kappa shape index (κ3) is 3.75. The molecule has 1 N–H and O–H groups in total. The molecule has 0 bridgehead atoms. The molecule has 0 saturated heterocycles. The summed E-state index contributed by atoms with van der Waals surface area (Å²) < 4.78 is 7.04. The summed E-state index contributed by atoms with van der Waals surface area (Å²) in [7, 11) is 1.76. The summed E-state index contributed by atoms with van der Waals surface area (Å²) in [4.78, 5) is 17.1. The summed E-state index contributed by atoms with van der Waals surface area (Å²) in [5.41, 5.74) is 1.73. The van der Waals surface area contributed by atoms with E-state index in [1.54, 1.807) is 13.2 Å². The van der Waals surface area contributed by atoms with Gasteiger partial charge in [0.15, 0.2) is 5.82 Å². The second-order valence-corrected chi connectivity index (χ2v) is 7.35. The number of ether oxygens (including phenoxy) is 1. The van der Waals surface area contributed by atoms with Crippen LogP contribution in [0.25, 0.3) is 11.4 Å². The van der Waals surface area contributed by atoms with Gasteiger partial charge in [-0.15, -0.1) is 0 Å². The van der Waals surface area contributed by atoms with Gasteiger partial charge in [-0.05, 0) is 32.3 Å². The fourth-order valence-corrected chi connectivity index (χ4v) is 3.86. The van der Waals surface area contributed by atoms with Crippen molar-refractivity contribution in [3.8, 4) is 11.4 Å². The predicted molar refractivity (Wildman–Crippen MR) is 106 cm³/mol. The van der Waals surface area contributed by atoms with Crippen LogP contribution >= 0.6 is 0 Å². The lowest BCUT2D eigenvalue weighted by Crippen LogP contribution is -2.29. The fourth-order valence-electron chi connectivity index (χ4n) is 3.86. The van der Waals surface area contributed by atoms with Gasteiger partial charge in [0, 0.05) is 24.7 Å². The minimum Gasteiger partial charge on any atom is -0.381 e. The lowest BCUT2D eigenvalue weighted by molar-refractivity contribution is 0.0627. The van der Waals surface area contributed by atoms with E-state index < -0.39 is 0 Å². The molecule has 0 spiro atoms. The lowest BCUT2D eigenvalue weighted by Gasteiger charge is -2.28. The highest BCUT2D eigenvalue weighted by Crippen LogP contribution is 2.32. The van der Waals surface area contributed by atoms with E-state index in [0.717, 1.165) is 36.9 Å². The highest BCUT2D eigenvalue weighted by molar-refractivity contribution is 5.53. The molecule has 3 aromatic rings. The average Bonchev–Trinajstić information content (AvgIpc) is 3.24. The standard InChI is InChI=1S/C21H25N5O2/c1-14(20-22-21(24-23-20)15-7-4-3-5-8-15)26-19(27)12-11-18(25-26)16-9-6-10-17(13-16)28-2/h3-5,7-8,11-12,14,16-17H,6,9-10,13H2,1-2H3,(H,22,23,24). The molecule has 2 aromatic heterocycles. The second-order valence-electron chi connectivity index (χ2n) is 7.35. The van der Waals surface area contributed by atoms with Crippen molar-refractivity contribution in [2.45, 2.75) is 50.7 Å². The number of methoxy groups -OCH3 is 1. The van der Waals surface area contributed by atoms with Gasteiger partial charge in [0.05, 0.1) is 11.8 Å². The molecule has 7 nitrogen and oxygen atoms in total. The van der Waals surface area contributed by atoms with Gasteiger partial charge in [-0.25, -0.2) is 9.67 Å². The van der Waals surface area contributed by atoms with Crippen LogP contribution in [-0.4, -0.2) is 38.2 Å². The first-order chi connectivity index (χ1) is 13.7. The minimum atomic E-state index is -0.334. The Morgan fingerprint density at radius 1 is 1.18 bits per heavy atom. The largest absolute Gasteiger partial charge is 0.381 e. The quantitative estimate of drug-likeness (QED) is 0.735. The molecule has 1 aliphatic rings. The van der Waals surface area contributed by atoms with Crippen LogP contribution in [0.1, 0.15) is 56.1 Å². The van der Waals surface area contributed by atoms with E-state index in [9.17, 15) is 4.79 Å². The number of aromatic amines is 1. The van der Waals surface area contributed by atoms with Crippen LogP contribution < -0.4 is 5.56 Å². The molecule has 7 heteroatoms. The third-order valence-corrected chi connectivity index (χ3v) is 5.52. The molecule has 3 atom stereocenters. The summed E-state index contributed by atoms with van der Waals surface area (Å²) in [6.07, 6.45) is 4.48. The van der Waals surface area contributed by atoms with Crippen LogP contribution in [0.3, 0.4) is 0 Å². The van der Waals surface area contributed by atoms with E-state index in [1.807, 2.05) is 43.3 Å². The van der Waals surface area contributed by atoms with Gasteiger partial charge in [0.25, 0.3) is 5.56 Å². The number of benzene rings is 1. The molecule has 2 heterocycles. The van der Waals surface area contributed by atoms with E-state index in [4.69, 9.17) is 4.74 Å². The molecule has 1 aromatic carbocycles. The van der Waals surface area contributed by atoms with Crippen molar-refractivity contribution in [2.75, 3.05) is 7.11 Å². The Labute approximate surface area is 163 Å². The zero-order chi connectivity index (χ0) is 19.5. The van der Waals surface area contributed by atoms with Crippen LogP contribution in [-0.2, 0) is 4.74 Å². The summed E-state index contributed by atoms with van der Waals surface area (Å²) >= 11 is 0. The Bertz CT molecular complexity index is 982. The van der Waals surface area contributed by atoms with Gasteiger partial charge < -0.3 is 4.74 Å². The Balaban J connectivity index is 1.60. The van der Waals surface area contributed by atoms with Gasteiger partial charge in [-0.2, -0.15) is 10.2 Å². The molecule has 4 rings (SSSR count). The van der Waals surface area contributed by atoms with E-state index in [1.165, 1.54) is 4.68 Å². The van der Waals surface area contributed by atoms with Crippen molar-refractivity contribution in [2.24, 2.45) is 0 Å². The maximum atomic E-state index is 12.5. The first kappa shape index (κ1) is 18.6. The smallest absolute Gasteiger partial charge is 0.267 e. The molecule has 1 aliphatic carbocycles. The molecule has 0 amide bonds. The maximum absolute atomic E-state index is 12.5. The van der Waals surface area contributed by atoms with Crippen molar-refractivity contribution >= 4 is 0 Å². The summed E-state index contributed by atoms with van der Waals surface area (Å²) in [6, 6.07) is 12.9. The number of aromatic nitrogens is 5. The van der Waals surface area contributed by atoms with E-state index >= 15 is 0 Å². The molecule has 28 heavy (non-hydrogen) atoms. The molecular weight excluding hydrogens is 354 g/mol. The number of hydrogen-bond acceptors (Lipinski definition) is 5. The molecule has 146 valence electrons. The highest BCUT2D eigenvalue weighted by Gasteiger charge is 2.25. The van der Waals surface area contributed by atoms with Crippen molar-refractivity contribution in [1.29, 1.82) is 0 Å². The number of nitrogens with one attached hydrogen (secondary N) is 1. The Kier molecular flexibility index (Phi) is 5.34. The van der Waals surface area contributed by atoms with Crippen LogP contribution in [0.15, 0.2) is 47.3 Å². The second kappa shape index (κ2) is 8.06. The number of nitrogens with zero attached hydrogens (tertiary/aromatic N) is 4. The molecule has 0 radical (unpaired) electrons. The Morgan fingerprint density at radius 2 is 2.00 bits per heavy atom. The number of rotatable bonds is 5. The van der Waals surface area contributed by atoms with Gasteiger partial charge in [-0.3, -0.25) is 9.89 Å². The first-order valence-corrected chi connectivity index (χ1v) is 9.76. The van der Waals surface area contributed by atoms with Gasteiger partial charge >= 0.3 is 0 Å². The first-order valence-electron chi connectivity index (χ1n) is 9.76. The molecular formula is C21H25N5O2. The van der Waals surface area contributed by atoms with Crippen LogP contribution in [0, 0.1) is 0 Å². The number of hydrogen-bond donors (Lipinski definition) is 1. The topological polar surface area (TPSA) is 85.7 Å². The Hall–Kier alpha value is -2.80. The Morgan fingerprint density at radius 3 is 2.79 bits per heavy atom. The van der Waals surface area contributed by atoms with Crippen LogP contribution in [0.2, 0.25) is 0 Å². The zero-order valence-corrected chi connectivity index (χ0v) is 16.2. The minimum absolute atomic E-state index is 0.145. The van der Waals surface area contributed by atoms with Gasteiger partial charge in [0.1, 0.15) is 11.9 Å². The molecule has 1 saturated carbocycles. The summed E-state index contributed by atoms with van der Waals surface area (Å²) in [5, 5.41) is 11.9. The SMILES string of the molecule is COC1CCCC(c2ccc(=O)n(C(C)c3nc(-c4ccccc4)n[nH]3)n2)C1. The van der Waals surface area contributed by atoms with Crippen molar-refractivity contribution in [3.05, 3.63) is 64.3 Å². The van der Waals surface area contributed by atoms with Gasteiger partial charge in [0.2, 0.25) is 0 Å². The molecule has 1 fully saturated rings. The number of H-pyrrole nitrogens is 1. The van der Waals surface area contributed by atoms with Crippen LogP contribution in [0.5, 0.6) is 0 Å². The zero-order valence-electron chi connectivity index (χ0n) is 16.2. The van der Waals surface area contributed by atoms with Crippen LogP contribution in [0.4, 0.5) is 0 Å². The van der Waals surface area contributed by atoms with E-state index in [2.05, 4.69) is 20.3 Å². The summed E-state index contributed by atoms with van der Waals surface area (Å²) in [5.74, 6) is 1.54. The normalized spacial score (nSPS) is 20.8. The predicted octanol–water partition coefficient (Wildman–Crippen LogP) is 3.31. The van der Waals surface area contributed by atoms with E-state index in [0.29, 0.717) is 17.6 Å². The lowest BCUT2D eigenvalue weighted by atomic mass is 9.85. The monoisotopic (exact) mass is 379 g/mol. The summed E-state index contributed by atoms with van der Waals surface area (Å²) in [6.45, 7) is 1.91. The van der Waals surface area contributed by atoms with Crippen molar-refractivity contribution < 1.29 is 4.74 Å². The van der Waals surface area contributed by atoms with Crippen molar-refractivity contribution in [1.82, 2.24) is 25.0 Å². The average molecular weight is 379 g/mol. The molecule has 3 unspecified atom stereocenters. The van der Waals surface area contributed by atoms with E-state index in [-0.39, 0.29) is 17.7 Å².